The second kappa shape index (κ2) is 9.50. The van der Waals surface area contributed by atoms with E-state index in [1.807, 2.05) is 19.0 Å². The van der Waals surface area contributed by atoms with Gasteiger partial charge in [-0.2, -0.15) is 0 Å². The molecule has 162 valence electrons. The van der Waals surface area contributed by atoms with Crippen molar-refractivity contribution in [3.63, 3.8) is 0 Å². The second-order valence-corrected chi connectivity index (χ2v) is 7.17. The normalized spacial score (nSPS) is 18.2. The molecule has 1 aliphatic heterocycles. The van der Waals surface area contributed by atoms with Crippen LogP contribution in [0.4, 0.5) is 0 Å². The Balaban J connectivity index is 2.04. The van der Waals surface area contributed by atoms with Crippen LogP contribution in [0, 0.1) is 0 Å². The van der Waals surface area contributed by atoms with Crippen molar-refractivity contribution < 1.29 is 29.0 Å². The maximum atomic E-state index is 13.5. The molecule has 0 spiro atoms. The Morgan fingerprint density at radius 1 is 1.16 bits per heavy atom. The van der Waals surface area contributed by atoms with Gasteiger partial charge in [0.2, 0.25) is 0 Å². The van der Waals surface area contributed by atoms with Crippen LogP contribution in [0.15, 0.2) is 61.1 Å². The van der Waals surface area contributed by atoms with Gasteiger partial charge in [0, 0.05) is 25.1 Å². The molecule has 31 heavy (non-hydrogen) atoms. The first kappa shape index (κ1) is 22.1. The third-order valence-corrected chi connectivity index (χ3v) is 4.60. The first-order valence-corrected chi connectivity index (χ1v) is 9.56. The molecule has 1 unspecified atom stereocenters. The summed E-state index contributed by atoms with van der Waals surface area (Å²) in [6.07, 6.45) is 4.75. The number of esters is 1. The molecule has 1 atom stereocenters. The van der Waals surface area contributed by atoms with Gasteiger partial charge in [-0.3, -0.25) is 9.78 Å². The number of carboxylic acids is 1. The molecule has 3 rings (SSSR count). The summed E-state index contributed by atoms with van der Waals surface area (Å²) >= 11 is 0. The average molecular weight is 425 g/mol. The zero-order chi connectivity index (χ0) is 22.4. The van der Waals surface area contributed by atoms with E-state index in [-0.39, 0.29) is 18.7 Å². The van der Waals surface area contributed by atoms with Gasteiger partial charge in [0.25, 0.3) is 0 Å². The SMILES string of the molecule is CN(C)CCOC1(OC(=O)C(=O)O)C(=O)N(Cc2cccnc2)C=C1c1ccccc1. The lowest BCUT2D eigenvalue weighted by molar-refractivity contribution is -0.212. The molecule has 1 aromatic carbocycles. The maximum absolute atomic E-state index is 13.5. The van der Waals surface area contributed by atoms with Gasteiger partial charge in [0.15, 0.2) is 0 Å². The zero-order valence-corrected chi connectivity index (χ0v) is 17.2. The largest absolute Gasteiger partial charge is 0.473 e. The third kappa shape index (κ3) is 4.96. The number of hydrogen-bond acceptors (Lipinski definition) is 7. The standard InChI is InChI=1S/C22H23N3O6/c1-24(2)11-12-30-22(31-20(28)19(26)27)18(17-8-4-3-5-9-17)15-25(21(22)29)14-16-7-6-10-23-13-16/h3-10,13,15H,11-12,14H2,1-2H3,(H,26,27). The topological polar surface area (TPSA) is 109 Å². The van der Waals surface area contributed by atoms with E-state index in [0.717, 1.165) is 5.56 Å². The van der Waals surface area contributed by atoms with E-state index in [4.69, 9.17) is 14.6 Å². The average Bonchev–Trinajstić information content (AvgIpc) is 3.01. The van der Waals surface area contributed by atoms with Crippen LogP contribution in [0.25, 0.3) is 5.57 Å². The van der Waals surface area contributed by atoms with E-state index in [0.29, 0.717) is 12.1 Å². The van der Waals surface area contributed by atoms with Crippen molar-refractivity contribution in [2.24, 2.45) is 0 Å². The molecule has 2 heterocycles. The van der Waals surface area contributed by atoms with Gasteiger partial charge in [0.05, 0.1) is 18.7 Å². The smallest absolute Gasteiger partial charge is 0.420 e. The quantitative estimate of drug-likeness (QED) is 0.384. The number of aliphatic carboxylic acids is 1. The van der Waals surface area contributed by atoms with Crippen LogP contribution in [-0.2, 0) is 30.4 Å². The molecule has 0 aliphatic carbocycles. The molecular weight excluding hydrogens is 402 g/mol. The summed E-state index contributed by atoms with van der Waals surface area (Å²) < 4.78 is 11.1. The monoisotopic (exact) mass is 425 g/mol. The van der Waals surface area contributed by atoms with Gasteiger partial charge >= 0.3 is 23.6 Å². The molecule has 0 saturated carbocycles. The molecule has 0 radical (unpaired) electrons. The minimum absolute atomic E-state index is 0.0244. The van der Waals surface area contributed by atoms with Crippen molar-refractivity contribution >= 4 is 23.4 Å². The second-order valence-electron chi connectivity index (χ2n) is 7.17. The lowest BCUT2D eigenvalue weighted by Crippen LogP contribution is -2.50. The van der Waals surface area contributed by atoms with E-state index in [2.05, 4.69) is 4.98 Å². The molecule has 9 nitrogen and oxygen atoms in total. The zero-order valence-electron chi connectivity index (χ0n) is 17.2. The molecule has 1 aromatic heterocycles. The minimum atomic E-state index is -2.21. The molecule has 0 bridgehead atoms. The van der Waals surface area contributed by atoms with Gasteiger partial charge in [-0.05, 0) is 31.3 Å². The number of likely N-dealkylation sites (N-methyl/N-ethyl adjacent to an activating group) is 1. The fourth-order valence-corrected chi connectivity index (χ4v) is 3.11. The van der Waals surface area contributed by atoms with Gasteiger partial charge < -0.3 is 24.4 Å². The van der Waals surface area contributed by atoms with Crippen LogP contribution in [0.3, 0.4) is 0 Å². The summed E-state index contributed by atoms with van der Waals surface area (Å²) in [7, 11) is 3.64. The summed E-state index contributed by atoms with van der Waals surface area (Å²) in [6, 6.07) is 12.3. The van der Waals surface area contributed by atoms with Gasteiger partial charge in [0.1, 0.15) is 0 Å². The van der Waals surface area contributed by atoms with Crippen molar-refractivity contribution in [2.45, 2.75) is 12.3 Å². The highest BCUT2D eigenvalue weighted by Crippen LogP contribution is 2.40. The van der Waals surface area contributed by atoms with Crippen molar-refractivity contribution in [3.8, 4) is 0 Å². The van der Waals surface area contributed by atoms with Crippen molar-refractivity contribution in [1.29, 1.82) is 0 Å². The number of ether oxygens (including phenoxy) is 2. The summed E-state index contributed by atoms with van der Waals surface area (Å²) in [5.41, 5.74) is 1.55. The predicted molar refractivity (Wildman–Crippen MR) is 110 cm³/mol. The number of pyridine rings is 1. The van der Waals surface area contributed by atoms with Crippen LogP contribution in [-0.4, -0.2) is 70.8 Å². The fraction of sp³-hybridized carbons (Fsp3) is 0.273. The van der Waals surface area contributed by atoms with E-state index in [9.17, 15) is 14.4 Å². The van der Waals surface area contributed by atoms with Crippen molar-refractivity contribution in [2.75, 3.05) is 27.2 Å². The van der Waals surface area contributed by atoms with Crippen LogP contribution in [0.2, 0.25) is 0 Å². The van der Waals surface area contributed by atoms with E-state index < -0.39 is 23.6 Å². The fourth-order valence-electron chi connectivity index (χ4n) is 3.11. The molecule has 9 heteroatoms. The number of carboxylic acid groups (broad SMARTS) is 1. The van der Waals surface area contributed by atoms with Gasteiger partial charge in [-0.1, -0.05) is 36.4 Å². The summed E-state index contributed by atoms with van der Waals surface area (Å²) in [5.74, 6) is -6.30. The van der Waals surface area contributed by atoms with Gasteiger partial charge in [-0.25, -0.2) is 9.59 Å². The number of carbonyl (C=O) groups excluding carboxylic acids is 2. The van der Waals surface area contributed by atoms with Crippen LogP contribution in [0.1, 0.15) is 11.1 Å². The van der Waals surface area contributed by atoms with Crippen molar-refractivity contribution in [3.05, 3.63) is 72.2 Å². The van der Waals surface area contributed by atoms with Crippen molar-refractivity contribution in [1.82, 2.24) is 14.8 Å². The van der Waals surface area contributed by atoms with Crippen LogP contribution in [0.5, 0.6) is 0 Å². The molecule has 0 fully saturated rings. The molecule has 1 amide bonds. The minimum Gasteiger partial charge on any atom is -0.473 e. The number of amides is 1. The third-order valence-electron chi connectivity index (χ3n) is 4.60. The number of aromatic nitrogens is 1. The summed E-state index contributed by atoms with van der Waals surface area (Å²) in [6.45, 7) is 0.591. The summed E-state index contributed by atoms with van der Waals surface area (Å²) in [4.78, 5) is 44.0. The highest BCUT2D eigenvalue weighted by atomic mass is 16.7. The molecule has 2 aromatic rings. The Labute approximate surface area is 179 Å². The van der Waals surface area contributed by atoms with Crippen LogP contribution >= 0.6 is 0 Å². The first-order valence-electron chi connectivity index (χ1n) is 9.56. The predicted octanol–water partition coefficient (Wildman–Crippen LogP) is 1.37. The number of benzene rings is 1. The number of hydrogen-bond donors (Lipinski definition) is 1. The molecule has 1 N–H and O–H groups in total. The maximum Gasteiger partial charge on any atom is 0.420 e. The lowest BCUT2D eigenvalue weighted by atomic mass is 9.99. The van der Waals surface area contributed by atoms with E-state index in [1.54, 1.807) is 54.9 Å². The van der Waals surface area contributed by atoms with E-state index >= 15 is 0 Å². The molecular formula is C22H23N3O6. The van der Waals surface area contributed by atoms with Crippen LogP contribution < -0.4 is 0 Å². The summed E-state index contributed by atoms with van der Waals surface area (Å²) in [5, 5.41) is 9.12. The Hall–Kier alpha value is -3.56. The Bertz CT molecular complexity index is 977. The number of nitrogens with zero attached hydrogens (tertiary/aromatic N) is 3. The van der Waals surface area contributed by atoms with E-state index in [1.165, 1.54) is 11.1 Å². The highest BCUT2D eigenvalue weighted by molar-refractivity contribution is 6.29. The molecule has 0 saturated heterocycles. The Morgan fingerprint density at radius 3 is 2.52 bits per heavy atom. The lowest BCUT2D eigenvalue weighted by Gasteiger charge is -2.30. The molecule has 1 aliphatic rings. The first-order chi connectivity index (χ1) is 14.8. The Morgan fingerprint density at radius 2 is 1.90 bits per heavy atom. The Kier molecular flexibility index (Phi) is 6.78. The van der Waals surface area contributed by atoms with Gasteiger partial charge in [-0.15, -0.1) is 0 Å². The number of carbonyl (C=O) groups is 3. The highest BCUT2D eigenvalue weighted by Gasteiger charge is 2.55. The number of rotatable bonds is 8.